The number of hydrogen-bond donors (Lipinski definition) is 0. The highest BCUT2D eigenvalue weighted by molar-refractivity contribution is 5.79. The maximum absolute atomic E-state index is 5.33. The smallest absolute Gasteiger partial charge is 0.118 e. The Morgan fingerprint density at radius 2 is 1.43 bits per heavy atom. The standard InChI is InChI=1S/C28H33NO/c1-4-5-21-29(23(2)24-16-18-27(30-3)19-17-24)22-20-28(25-12-8-6-9-13-25)26-14-10-7-11-15-26/h6-20,23H,4-5,21-22H2,1-3H3. The molecule has 2 nitrogen and oxygen atoms in total. The topological polar surface area (TPSA) is 12.5 Å². The molecule has 0 radical (unpaired) electrons. The van der Waals surface area contributed by atoms with Crippen molar-refractivity contribution in [3.8, 4) is 5.75 Å². The molecular weight excluding hydrogens is 366 g/mol. The van der Waals surface area contributed by atoms with E-state index in [0.717, 1.165) is 18.8 Å². The first-order valence-corrected chi connectivity index (χ1v) is 10.9. The van der Waals surface area contributed by atoms with Crippen LogP contribution in [0.4, 0.5) is 0 Å². The van der Waals surface area contributed by atoms with Crippen LogP contribution in [0.15, 0.2) is 91.0 Å². The summed E-state index contributed by atoms with van der Waals surface area (Å²) in [6.07, 6.45) is 4.78. The monoisotopic (exact) mass is 399 g/mol. The number of benzene rings is 3. The van der Waals surface area contributed by atoms with E-state index in [-0.39, 0.29) is 0 Å². The summed E-state index contributed by atoms with van der Waals surface area (Å²) in [6.45, 7) is 6.55. The van der Waals surface area contributed by atoms with Crippen LogP contribution in [-0.4, -0.2) is 25.1 Å². The molecule has 1 atom stereocenters. The van der Waals surface area contributed by atoms with Crippen LogP contribution in [0.3, 0.4) is 0 Å². The molecule has 0 fully saturated rings. The van der Waals surface area contributed by atoms with Gasteiger partial charge in [0.15, 0.2) is 0 Å². The van der Waals surface area contributed by atoms with E-state index in [0.29, 0.717) is 6.04 Å². The Morgan fingerprint density at radius 3 is 1.93 bits per heavy atom. The molecule has 3 aromatic carbocycles. The lowest BCUT2D eigenvalue weighted by atomic mass is 9.97. The number of hydrogen-bond acceptors (Lipinski definition) is 2. The van der Waals surface area contributed by atoms with Crippen LogP contribution in [0.2, 0.25) is 0 Å². The summed E-state index contributed by atoms with van der Waals surface area (Å²) >= 11 is 0. The van der Waals surface area contributed by atoms with Gasteiger partial charge in [-0.25, -0.2) is 0 Å². The predicted molar refractivity (Wildman–Crippen MR) is 128 cm³/mol. The minimum Gasteiger partial charge on any atom is -0.497 e. The molecule has 2 heteroatoms. The molecule has 30 heavy (non-hydrogen) atoms. The highest BCUT2D eigenvalue weighted by atomic mass is 16.5. The van der Waals surface area contributed by atoms with Gasteiger partial charge < -0.3 is 4.74 Å². The molecule has 0 saturated heterocycles. The van der Waals surface area contributed by atoms with Gasteiger partial charge in [0.2, 0.25) is 0 Å². The largest absolute Gasteiger partial charge is 0.497 e. The molecule has 0 aliphatic heterocycles. The Bertz CT molecular complexity index is 859. The maximum Gasteiger partial charge on any atom is 0.118 e. The fourth-order valence-electron chi connectivity index (χ4n) is 3.74. The number of ether oxygens (including phenoxy) is 1. The summed E-state index contributed by atoms with van der Waals surface area (Å²) in [4.78, 5) is 2.57. The van der Waals surface area contributed by atoms with Crippen LogP contribution in [0.25, 0.3) is 5.57 Å². The van der Waals surface area contributed by atoms with Gasteiger partial charge in [0.25, 0.3) is 0 Å². The summed E-state index contributed by atoms with van der Waals surface area (Å²) in [5.41, 5.74) is 5.13. The third kappa shape index (κ3) is 5.84. The molecule has 0 spiro atoms. The Labute approximate surface area is 181 Å². The van der Waals surface area contributed by atoms with Crippen molar-refractivity contribution in [1.82, 2.24) is 4.90 Å². The third-order valence-corrected chi connectivity index (χ3v) is 5.64. The molecule has 0 aliphatic rings. The first-order chi connectivity index (χ1) is 14.7. The Hall–Kier alpha value is -2.84. The number of methoxy groups -OCH3 is 1. The van der Waals surface area contributed by atoms with E-state index >= 15 is 0 Å². The molecule has 0 heterocycles. The molecule has 3 rings (SSSR count). The van der Waals surface area contributed by atoms with Crippen LogP contribution in [0.1, 0.15) is 49.4 Å². The van der Waals surface area contributed by atoms with Gasteiger partial charge in [0, 0.05) is 12.6 Å². The van der Waals surface area contributed by atoms with E-state index < -0.39 is 0 Å². The van der Waals surface area contributed by atoms with Crippen LogP contribution in [0.5, 0.6) is 5.75 Å². The normalized spacial score (nSPS) is 11.9. The summed E-state index contributed by atoms with van der Waals surface area (Å²) in [5, 5.41) is 0. The Morgan fingerprint density at radius 1 is 0.867 bits per heavy atom. The van der Waals surface area contributed by atoms with Crippen molar-refractivity contribution >= 4 is 5.57 Å². The molecule has 0 saturated carbocycles. The van der Waals surface area contributed by atoms with Crippen molar-refractivity contribution < 1.29 is 4.74 Å². The molecule has 0 bridgehead atoms. The lowest BCUT2D eigenvalue weighted by Gasteiger charge is -2.29. The van der Waals surface area contributed by atoms with Gasteiger partial charge in [0.1, 0.15) is 5.75 Å². The van der Waals surface area contributed by atoms with Gasteiger partial charge in [-0.05, 0) is 54.3 Å². The summed E-state index contributed by atoms with van der Waals surface area (Å²) in [5.74, 6) is 0.904. The highest BCUT2D eigenvalue weighted by Gasteiger charge is 2.15. The average Bonchev–Trinajstić information content (AvgIpc) is 2.82. The van der Waals surface area contributed by atoms with E-state index in [1.165, 1.54) is 35.1 Å². The van der Waals surface area contributed by atoms with E-state index in [4.69, 9.17) is 4.74 Å². The van der Waals surface area contributed by atoms with E-state index in [1.54, 1.807) is 7.11 Å². The van der Waals surface area contributed by atoms with Crippen LogP contribution in [-0.2, 0) is 0 Å². The second-order valence-corrected chi connectivity index (χ2v) is 7.65. The quantitative estimate of drug-likeness (QED) is 0.364. The fourth-order valence-corrected chi connectivity index (χ4v) is 3.74. The van der Waals surface area contributed by atoms with Crippen molar-refractivity contribution in [2.45, 2.75) is 32.7 Å². The summed E-state index contributed by atoms with van der Waals surface area (Å²) in [6, 6.07) is 30.2. The van der Waals surface area contributed by atoms with Gasteiger partial charge >= 0.3 is 0 Å². The average molecular weight is 400 g/mol. The Kier molecular flexibility index (Phi) is 8.29. The molecule has 0 aliphatic carbocycles. The molecule has 0 N–H and O–H groups in total. The molecule has 0 amide bonds. The molecule has 0 aromatic heterocycles. The van der Waals surface area contributed by atoms with Crippen molar-refractivity contribution in [3.63, 3.8) is 0 Å². The van der Waals surface area contributed by atoms with Crippen molar-refractivity contribution in [3.05, 3.63) is 108 Å². The van der Waals surface area contributed by atoms with E-state index in [2.05, 4.69) is 110 Å². The van der Waals surface area contributed by atoms with Crippen molar-refractivity contribution in [1.29, 1.82) is 0 Å². The minimum absolute atomic E-state index is 0.339. The summed E-state index contributed by atoms with van der Waals surface area (Å²) < 4.78 is 5.33. The fraction of sp³-hybridized carbons (Fsp3) is 0.286. The first kappa shape index (κ1) is 21.9. The minimum atomic E-state index is 0.339. The highest BCUT2D eigenvalue weighted by Crippen LogP contribution is 2.26. The molecule has 3 aromatic rings. The lowest BCUT2D eigenvalue weighted by Crippen LogP contribution is -2.28. The molecule has 1 unspecified atom stereocenters. The molecular formula is C28H33NO. The van der Waals surface area contributed by atoms with Crippen LogP contribution >= 0.6 is 0 Å². The molecule has 156 valence electrons. The van der Waals surface area contributed by atoms with E-state index in [9.17, 15) is 0 Å². The van der Waals surface area contributed by atoms with Gasteiger partial charge in [-0.2, -0.15) is 0 Å². The maximum atomic E-state index is 5.33. The van der Waals surface area contributed by atoms with Crippen LogP contribution < -0.4 is 4.74 Å². The Balaban J connectivity index is 1.88. The second kappa shape index (κ2) is 11.4. The zero-order valence-corrected chi connectivity index (χ0v) is 18.4. The van der Waals surface area contributed by atoms with E-state index in [1.807, 2.05) is 0 Å². The van der Waals surface area contributed by atoms with Gasteiger partial charge in [-0.15, -0.1) is 0 Å². The number of rotatable bonds is 10. The predicted octanol–water partition coefficient (Wildman–Crippen LogP) is 6.99. The third-order valence-electron chi connectivity index (χ3n) is 5.64. The van der Waals surface area contributed by atoms with Crippen molar-refractivity contribution in [2.75, 3.05) is 20.2 Å². The zero-order chi connectivity index (χ0) is 21.2. The zero-order valence-electron chi connectivity index (χ0n) is 18.4. The summed E-state index contributed by atoms with van der Waals surface area (Å²) in [7, 11) is 1.71. The number of nitrogens with zero attached hydrogens (tertiary/aromatic N) is 1. The van der Waals surface area contributed by atoms with Gasteiger partial charge in [-0.3, -0.25) is 4.90 Å². The van der Waals surface area contributed by atoms with Crippen LogP contribution in [0, 0.1) is 0 Å². The van der Waals surface area contributed by atoms with Crippen molar-refractivity contribution in [2.24, 2.45) is 0 Å². The lowest BCUT2D eigenvalue weighted by molar-refractivity contribution is 0.230. The SMILES string of the molecule is CCCCN(CC=C(c1ccccc1)c1ccccc1)C(C)c1ccc(OC)cc1. The number of unbranched alkanes of at least 4 members (excludes halogenated alkanes) is 1. The first-order valence-electron chi connectivity index (χ1n) is 10.9. The second-order valence-electron chi connectivity index (χ2n) is 7.65. The van der Waals surface area contributed by atoms with Gasteiger partial charge in [0.05, 0.1) is 7.11 Å². The van der Waals surface area contributed by atoms with Gasteiger partial charge in [-0.1, -0.05) is 92.2 Å².